The molecule has 0 aliphatic rings. The Morgan fingerprint density at radius 2 is 1.86 bits per heavy atom. The van der Waals surface area contributed by atoms with Crippen LogP contribution in [-0.4, -0.2) is 4.57 Å². The summed E-state index contributed by atoms with van der Waals surface area (Å²) in [4.78, 5) is 12.6. The maximum atomic E-state index is 12.6. The smallest absolute Gasteiger partial charge is 0.255 e. The molecule has 1 aromatic heterocycles. The maximum Gasteiger partial charge on any atom is 0.255 e. The van der Waals surface area contributed by atoms with Crippen LogP contribution in [0.3, 0.4) is 0 Å². The van der Waals surface area contributed by atoms with Crippen molar-refractivity contribution in [1.29, 1.82) is 0 Å². The number of hydrogen-bond acceptors (Lipinski definition) is 2. The van der Waals surface area contributed by atoms with E-state index < -0.39 is 0 Å². The van der Waals surface area contributed by atoms with E-state index in [0.717, 1.165) is 36.2 Å². The average Bonchev–Trinajstić information content (AvgIpc) is 2.48. The molecular formula is C18H23NOS. The molecule has 0 fully saturated rings. The van der Waals surface area contributed by atoms with Gasteiger partial charge in [0.25, 0.3) is 5.56 Å². The van der Waals surface area contributed by atoms with Gasteiger partial charge in [0, 0.05) is 17.9 Å². The predicted octanol–water partition coefficient (Wildman–Crippen LogP) is 4.36. The first-order chi connectivity index (χ1) is 10.1. The zero-order valence-corrected chi connectivity index (χ0v) is 13.9. The van der Waals surface area contributed by atoms with Crippen molar-refractivity contribution >= 4 is 12.6 Å². The summed E-state index contributed by atoms with van der Waals surface area (Å²) < 4.78 is 1.90. The number of rotatable bonds is 5. The third-order valence-corrected chi connectivity index (χ3v) is 4.30. The molecule has 0 bridgehead atoms. The third kappa shape index (κ3) is 3.41. The van der Waals surface area contributed by atoms with Gasteiger partial charge in [-0.2, -0.15) is 12.6 Å². The molecule has 2 aromatic rings. The summed E-state index contributed by atoms with van der Waals surface area (Å²) in [6.07, 6.45) is 2.08. The fourth-order valence-corrected chi connectivity index (χ4v) is 2.68. The molecule has 0 atom stereocenters. The molecule has 0 saturated carbocycles. The van der Waals surface area contributed by atoms with E-state index in [1.54, 1.807) is 0 Å². The van der Waals surface area contributed by atoms with Gasteiger partial charge < -0.3 is 4.57 Å². The highest BCUT2D eigenvalue weighted by Gasteiger charge is 2.10. The molecule has 2 rings (SSSR count). The molecule has 3 heteroatoms. The van der Waals surface area contributed by atoms with Gasteiger partial charge in [-0.05, 0) is 49.1 Å². The van der Waals surface area contributed by atoms with Crippen molar-refractivity contribution in [3.05, 3.63) is 57.4 Å². The van der Waals surface area contributed by atoms with Crippen LogP contribution in [0.2, 0.25) is 0 Å². The van der Waals surface area contributed by atoms with E-state index in [0.29, 0.717) is 5.75 Å². The number of pyridine rings is 1. The fraction of sp³-hybridized carbons (Fsp3) is 0.389. The maximum absolute atomic E-state index is 12.6. The van der Waals surface area contributed by atoms with Crippen LogP contribution in [-0.2, 0) is 12.3 Å². The summed E-state index contributed by atoms with van der Waals surface area (Å²) in [5, 5.41) is 0. The lowest BCUT2D eigenvalue weighted by molar-refractivity contribution is 0.616. The molecule has 0 saturated heterocycles. The van der Waals surface area contributed by atoms with Gasteiger partial charge in [0.2, 0.25) is 0 Å². The molecule has 2 nitrogen and oxygen atoms in total. The van der Waals surface area contributed by atoms with Crippen LogP contribution in [0.25, 0.3) is 11.3 Å². The summed E-state index contributed by atoms with van der Waals surface area (Å²) in [6.45, 7) is 7.12. The standard InChI is InChI=1S/C18H23NOS/c1-4-5-10-19-17(9-8-16(12-21)18(19)20)15-7-6-13(2)14(3)11-15/h6-9,11,21H,4-5,10,12H2,1-3H3. The zero-order chi connectivity index (χ0) is 15.4. The van der Waals surface area contributed by atoms with Crippen LogP contribution in [0, 0.1) is 13.8 Å². The minimum atomic E-state index is 0.0918. The van der Waals surface area contributed by atoms with Gasteiger partial charge in [-0.15, -0.1) is 0 Å². The van der Waals surface area contributed by atoms with Crippen molar-refractivity contribution in [2.24, 2.45) is 0 Å². The average molecular weight is 301 g/mol. The van der Waals surface area contributed by atoms with Crippen molar-refractivity contribution in [1.82, 2.24) is 4.57 Å². The number of hydrogen-bond donors (Lipinski definition) is 1. The largest absolute Gasteiger partial charge is 0.308 e. The number of benzene rings is 1. The SMILES string of the molecule is CCCCn1c(-c2ccc(C)c(C)c2)ccc(CS)c1=O. The van der Waals surface area contributed by atoms with Gasteiger partial charge in [0.1, 0.15) is 0 Å². The van der Waals surface area contributed by atoms with Gasteiger partial charge in [0.15, 0.2) is 0 Å². The molecule has 112 valence electrons. The van der Waals surface area contributed by atoms with E-state index in [1.807, 2.05) is 16.7 Å². The van der Waals surface area contributed by atoms with E-state index >= 15 is 0 Å². The summed E-state index contributed by atoms with van der Waals surface area (Å²) in [5.74, 6) is 0.484. The molecule has 0 amide bonds. The van der Waals surface area contributed by atoms with Gasteiger partial charge in [0.05, 0.1) is 5.69 Å². The summed E-state index contributed by atoms with van der Waals surface area (Å²) >= 11 is 4.26. The van der Waals surface area contributed by atoms with Crippen molar-refractivity contribution in [3.8, 4) is 11.3 Å². The number of aromatic nitrogens is 1. The molecule has 0 spiro atoms. The second-order valence-electron chi connectivity index (χ2n) is 5.51. The van der Waals surface area contributed by atoms with E-state index in [-0.39, 0.29) is 5.56 Å². The van der Waals surface area contributed by atoms with E-state index in [2.05, 4.69) is 51.6 Å². The lowest BCUT2D eigenvalue weighted by Crippen LogP contribution is -2.24. The van der Waals surface area contributed by atoms with Crippen LogP contribution >= 0.6 is 12.6 Å². The highest BCUT2D eigenvalue weighted by atomic mass is 32.1. The van der Waals surface area contributed by atoms with Crippen LogP contribution < -0.4 is 5.56 Å². The summed E-state index contributed by atoms with van der Waals surface area (Å²) in [6, 6.07) is 10.3. The Labute approximate surface area is 132 Å². The zero-order valence-electron chi connectivity index (χ0n) is 13.0. The van der Waals surface area contributed by atoms with Crippen molar-refractivity contribution in [2.45, 2.75) is 45.9 Å². The Bertz CT molecular complexity index is 688. The van der Waals surface area contributed by atoms with Crippen molar-refractivity contribution in [3.63, 3.8) is 0 Å². The van der Waals surface area contributed by atoms with Gasteiger partial charge in [-0.25, -0.2) is 0 Å². The number of unbranched alkanes of at least 4 members (excludes halogenated alkanes) is 1. The molecule has 0 radical (unpaired) electrons. The number of thiol groups is 1. The van der Waals surface area contributed by atoms with Crippen LogP contribution in [0.15, 0.2) is 35.1 Å². The molecule has 21 heavy (non-hydrogen) atoms. The third-order valence-electron chi connectivity index (χ3n) is 3.96. The van der Waals surface area contributed by atoms with E-state index in [4.69, 9.17) is 0 Å². The van der Waals surface area contributed by atoms with Gasteiger partial charge >= 0.3 is 0 Å². The Kier molecular flexibility index (Phi) is 5.29. The Morgan fingerprint density at radius 1 is 1.10 bits per heavy atom. The molecule has 0 aliphatic carbocycles. The number of aryl methyl sites for hydroxylation is 2. The number of nitrogens with zero attached hydrogens (tertiary/aromatic N) is 1. The Morgan fingerprint density at radius 3 is 2.48 bits per heavy atom. The first-order valence-corrected chi connectivity index (χ1v) is 8.13. The molecule has 0 N–H and O–H groups in total. The normalized spacial score (nSPS) is 10.9. The van der Waals surface area contributed by atoms with Crippen LogP contribution in [0.5, 0.6) is 0 Å². The highest BCUT2D eigenvalue weighted by Crippen LogP contribution is 2.22. The fourth-order valence-electron chi connectivity index (χ4n) is 2.43. The minimum Gasteiger partial charge on any atom is -0.308 e. The first kappa shape index (κ1) is 15.9. The van der Waals surface area contributed by atoms with Gasteiger partial charge in [-0.1, -0.05) is 31.5 Å². The van der Waals surface area contributed by atoms with Gasteiger partial charge in [-0.3, -0.25) is 4.79 Å². The van der Waals surface area contributed by atoms with Crippen molar-refractivity contribution < 1.29 is 0 Å². The highest BCUT2D eigenvalue weighted by molar-refractivity contribution is 7.79. The minimum absolute atomic E-state index is 0.0918. The predicted molar refractivity (Wildman–Crippen MR) is 93.2 cm³/mol. The quantitative estimate of drug-likeness (QED) is 0.814. The lowest BCUT2D eigenvalue weighted by Gasteiger charge is -2.15. The van der Waals surface area contributed by atoms with Crippen molar-refractivity contribution in [2.75, 3.05) is 0 Å². The lowest BCUT2D eigenvalue weighted by atomic mass is 10.0. The summed E-state index contributed by atoms with van der Waals surface area (Å²) in [5.41, 5.74) is 5.49. The topological polar surface area (TPSA) is 22.0 Å². The monoisotopic (exact) mass is 301 g/mol. The second kappa shape index (κ2) is 6.99. The van der Waals surface area contributed by atoms with Crippen LogP contribution in [0.4, 0.5) is 0 Å². The molecule has 0 aliphatic heterocycles. The van der Waals surface area contributed by atoms with Crippen LogP contribution in [0.1, 0.15) is 36.5 Å². The first-order valence-electron chi connectivity index (χ1n) is 7.49. The summed E-state index contributed by atoms with van der Waals surface area (Å²) in [7, 11) is 0. The molecule has 0 unspecified atom stereocenters. The molecule has 1 heterocycles. The molecular weight excluding hydrogens is 278 g/mol. The Hall–Kier alpha value is -1.48. The molecule has 1 aromatic carbocycles. The van der Waals surface area contributed by atoms with E-state index in [9.17, 15) is 4.79 Å². The Balaban J connectivity index is 2.58. The van der Waals surface area contributed by atoms with E-state index in [1.165, 1.54) is 11.1 Å². The second-order valence-corrected chi connectivity index (χ2v) is 5.83.